The molecule has 0 aromatic heterocycles. The van der Waals surface area contributed by atoms with Gasteiger partial charge < -0.3 is 10.1 Å². The third-order valence-electron chi connectivity index (χ3n) is 3.50. The molecule has 2 aromatic rings. The van der Waals surface area contributed by atoms with E-state index in [1.165, 1.54) is 23.9 Å². The quantitative estimate of drug-likeness (QED) is 0.532. The fraction of sp³-hybridized carbons (Fsp3) is 0.263. The lowest BCUT2D eigenvalue weighted by Gasteiger charge is -2.14. The highest BCUT2D eigenvalue weighted by Crippen LogP contribution is 2.19. The molecule has 7 heteroatoms. The summed E-state index contributed by atoms with van der Waals surface area (Å²) in [5.41, 5.74) is 0.907. The normalized spacial score (nSPS) is 11.7. The summed E-state index contributed by atoms with van der Waals surface area (Å²) >= 11 is 7.25. The highest BCUT2D eigenvalue weighted by Gasteiger charge is 2.12. The zero-order chi connectivity index (χ0) is 18.9. The Balaban J connectivity index is 1.65. The highest BCUT2D eigenvalue weighted by atomic mass is 35.5. The van der Waals surface area contributed by atoms with E-state index in [0.29, 0.717) is 10.8 Å². The first-order valence-electron chi connectivity index (χ1n) is 8.03. The van der Waals surface area contributed by atoms with E-state index in [1.807, 2.05) is 19.1 Å². The van der Waals surface area contributed by atoms with Gasteiger partial charge in [0.2, 0.25) is 0 Å². The molecule has 0 unspecified atom stereocenters. The van der Waals surface area contributed by atoms with Crippen LogP contribution in [0.15, 0.2) is 53.4 Å². The van der Waals surface area contributed by atoms with E-state index < -0.39 is 5.97 Å². The average Bonchev–Trinajstić information content (AvgIpc) is 2.62. The van der Waals surface area contributed by atoms with Gasteiger partial charge in [0.05, 0.1) is 12.5 Å². The maximum absolute atomic E-state index is 12.8. The van der Waals surface area contributed by atoms with Crippen molar-refractivity contribution < 1.29 is 18.7 Å². The lowest BCUT2D eigenvalue weighted by atomic mass is 10.1. The molecule has 2 aromatic carbocycles. The minimum Gasteiger partial charge on any atom is -0.456 e. The summed E-state index contributed by atoms with van der Waals surface area (Å²) in [6.07, 6.45) is 0.169. The molecule has 0 saturated carbocycles. The molecular weight excluding hydrogens is 377 g/mol. The van der Waals surface area contributed by atoms with Crippen LogP contribution in [-0.4, -0.2) is 24.2 Å². The van der Waals surface area contributed by atoms with Gasteiger partial charge in [0.25, 0.3) is 5.91 Å². The van der Waals surface area contributed by atoms with Crippen molar-refractivity contribution in [2.24, 2.45) is 0 Å². The second-order valence-corrected chi connectivity index (χ2v) is 7.16. The van der Waals surface area contributed by atoms with Crippen molar-refractivity contribution in [3.05, 3.63) is 64.9 Å². The van der Waals surface area contributed by atoms with Gasteiger partial charge in [-0.2, -0.15) is 0 Å². The third-order valence-corrected chi connectivity index (χ3v) is 4.77. The number of carbonyl (C=O) groups excluding carboxylic acids is 2. The van der Waals surface area contributed by atoms with Crippen LogP contribution in [0.1, 0.15) is 24.9 Å². The van der Waals surface area contributed by atoms with E-state index in [9.17, 15) is 14.0 Å². The minimum atomic E-state index is -0.450. The smallest absolute Gasteiger partial charge is 0.307 e. The standard InChI is InChI=1S/C19H19ClFNO3S/c1-13(14-2-4-15(20)5-3-14)22-18(23)12-25-19(24)10-11-26-17-8-6-16(21)7-9-17/h2-9,13H,10-12H2,1H3,(H,22,23)/t13-/m1/s1. The van der Waals surface area contributed by atoms with Crippen molar-refractivity contribution in [1.82, 2.24) is 5.32 Å². The Hall–Kier alpha value is -2.05. The van der Waals surface area contributed by atoms with Crippen molar-refractivity contribution >= 4 is 35.2 Å². The molecule has 0 aliphatic carbocycles. The number of amides is 1. The summed E-state index contributed by atoms with van der Waals surface area (Å²) in [5, 5.41) is 3.38. The maximum Gasteiger partial charge on any atom is 0.307 e. The molecule has 0 fully saturated rings. The number of carbonyl (C=O) groups is 2. The second-order valence-electron chi connectivity index (χ2n) is 5.55. The molecule has 0 aliphatic rings. The summed E-state index contributed by atoms with van der Waals surface area (Å²) in [4.78, 5) is 24.4. The van der Waals surface area contributed by atoms with E-state index in [-0.39, 0.29) is 30.8 Å². The van der Waals surface area contributed by atoms with Gasteiger partial charge in [-0.05, 0) is 48.9 Å². The fourth-order valence-corrected chi connectivity index (χ4v) is 3.08. The zero-order valence-corrected chi connectivity index (χ0v) is 15.8. The number of hydrogen-bond donors (Lipinski definition) is 1. The minimum absolute atomic E-state index is 0.169. The zero-order valence-electron chi connectivity index (χ0n) is 14.2. The average molecular weight is 396 g/mol. The first kappa shape index (κ1) is 20.3. The largest absolute Gasteiger partial charge is 0.456 e. The van der Waals surface area contributed by atoms with Crippen LogP contribution in [0.2, 0.25) is 5.02 Å². The number of thioether (sulfide) groups is 1. The number of esters is 1. The molecule has 0 aliphatic heterocycles. The van der Waals surface area contributed by atoms with Crippen LogP contribution in [-0.2, 0) is 14.3 Å². The van der Waals surface area contributed by atoms with E-state index in [0.717, 1.165) is 10.5 Å². The predicted octanol–water partition coefficient (Wildman–Crippen LogP) is 4.38. The second kappa shape index (κ2) is 10.2. The molecule has 0 radical (unpaired) electrons. The van der Waals surface area contributed by atoms with Gasteiger partial charge in [-0.1, -0.05) is 23.7 Å². The Morgan fingerprint density at radius 1 is 1.15 bits per heavy atom. The molecule has 0 spiro atoms. The van der Waals surface area contributed by atoms with E-state index >= 15 is 0 Å². The third kappa shape index (κ3) is 7.06. The fourth-order valence-electron chi connectivity index (χ4n) is 2.12. The van der Waals surface area contributed by atoms with E-state index in [1.54, 1.807) is 24.3 Å². The monoisotopic (exact) mass is 395 g/mol. The van der Waals surface area contributed by atoms with Gasteiger partial charge in [-0.3, -0.25) is 9.59 Å². The van der Waals surface area contributed by atoms with Crippen LogP contribution in [0, 0.1) is 5.82 Å². The van der Waals surface area contributed by atoms with Gasteiger partial charge in [-0.15, -0.1) is 11.8 Å². The van der Waals surface area contributed by atoms with Crippen LogP contribution >= 0.6 is 23.4 Å². The molecule has 26 heavy (non-hydrogen) atoms. The van der Waals surface area contributed by atoms with Crippen molar-refractivity contribution in [3.63, 3.8) is 0 Å². The van der Waals surface area contributed by atoms with Crippen molar-refractivity contribution in [1.29, 1.82) is 0 Å². The molecule has 138 valence electrons. The molecular formula is C19H19ClFNO3S. The van der Waals surface area contributed by atoms with Crippen molar-refractivity contribution in [3.8, 4) is 0 Å². The molecule has 0 heterocycles. The number of hydrogen-bond acceptors (Lipinski definition) is 4. The number of rotatable bonds is 8. The topological polar surface area (TPSA) is 55.4 Å². The molecule has 1 N–H and O–H groups in total. The highest BCUT2D eigenvalue weighted by molar-refractivity contribution is 7.99. The number of halogens is 2. The predicted molar refractivity (Wildman–Crippen MR) is 101 cm³/mol. The number of ether oxygens (including phenoxy) is 1. The molecule has 1 atom stereocenters. The van der Waals surface area contributed by atoms with Gasteiger partial charge in [0, 0.05) is 15.7 Å². The van der Waals surface area contributed by atoms with Gasteiger partial charge >= 0.3 is 5.97 Å². The Labute approximate surface area is 161 Å². The Bertz CT molecular complexity index is 737. The van der Waals surface area contributed by atoms with Crippen molar-refractivity contribution in [2.45, 2.75) is 24.3 Å². The van der Waals surface area contributed by atoms with Gasteiger partial charge in [0.1, 0.15) is 5.82 Å². The van der Waals surface area contributed by atoms with E-state index in [4.69, 9.17) is 16.3 Å². The van der Waals surface area contributed by atoms with Crippen molar-refractivity contribution in [2.75, 3.05) is 12.4 Å². The SMILES string of the molecule is C[C@@H](NC(=O)COC(=O)CCSc1ccc(F)cc1)c1ccc(Cl)cc1. The van der Waals surface area contributed by atoms with Gasteiger partial charge in [-0.25, -0.2) is 4.39 Å². The van der Waals surface area contributed by atoms with Crippen LogP contribution in [0.4, 0.5) is 4.39 Å². The molecule has 2 rings (SSSR count). The first-order chi connectivity index (χ1) is 12.4. The Kier molecular flexibility index (Phi) is 7.94. The van der Waals surface area contributed by atoms with Gasteiger partial charge in [0.15, 0.2) is 6.61 Å². The molecule has 1 amide bonds. The summed E-state index contributed by atoms with van der Waals surface area (Å²) in [7, 11) is 0. The molecule has 4 nitrogen and oxygen atoms in total. The Morgan fingerprint density at radius 2 is 1.81 bits per heavy atom. The number of nitrogens with one attached hydrogen (secondary N) is 1. The summed E-state index contributed by atoms with van der Waals surface area (Å²) in [6, 6.07) is 13.0. The summed E-state index contributed by atoms with van der Waals surface area (Å²) in [5.74, 6) is -0.624. The summed E-state index contributed by atoms with van der Waals surface area (Å²) < 4.78 is 17.8. The molecule has 0 saturated heterocycles. The van der Waals surface area contributed by atoms with Crippen LogP contribution in [0.5, 0.6) is 0 Å². The lowest BCUT2D eigenvalue weighted by Crippen LogP contribution is -2.31. The van der Waals surface area contributed by atoms with E-state index in [2.05, 4.69) is 5.32 Å². The Morgan fingerprint density at radius 3 is 2.46 bits per heavy atom. The first-order valence-corrected chi connectivity index (χ1v) is 9.39. The molecule has 0 bridgehead atoms. The van der Waals surface area contributed by atoms with Crippen LogP contribution in [0.3, 0.4) is 0 Å². The maximum atomic E-state index is 12.8. The summed E-state index contributed by atoms with van der Waals surface area (Å²) in [6.45, 7) is 1.51. The van der Waals surface area contributed by atoms with Crippen LogP contribution < -0.4 is 5.32 Å². The van der Waals surface area contributed by atoms with Crippen LogP contribution in [0.25, 0.3) is 0 Å². The number of benzene rings is 2. The lowest BCUT2D eigenvalue weighted by molar-refractivity contribution is -0.148.